The van der Waals surface area contributed by atoms with Crippen molar-refractivity contribution in [3.05, 3.63) is 24.3 Å². The fourth-order valence-corrected chi connectivity index (χ4v) is 1.19. The molecule has 0 spiro atoms. The van der Waals surface area contributed by atoms with E-state index < -0.39 is 5.60 Å². The van der Waals surface area contributed by atoms with Crippen LogP contribution in [0.25, 0.3) is 0 Å². The van der Waals surface area contributed by atoms with Gasteiger partial charge in [-0.25, -0.2) is 4.79 Å². The smallest absolute Gasteiger partial charge is 0.344 e. The number of benzene rings is 1. The van der Waals surface area contributed by atoms with E-state index in [-0.39, 0.29) is 12.6 Å². The van der Waals surface area contributed by atoms with Gasteiger partial charge in [0.25, 0.3) is 0 Å². The minimum atomic E-state index is -0.486. The Morgan fingerprint density at radius 1 is 1.12 bits per heavy atom. The second-order valence-corrected chi connectivity index (χ2v) is 4.55. The van der Waals surface area contributed by atoms with Crippen LogP contribution in [0.1, 0.15) is 20.8 Å². The molecule has 4 nitrogen and oxygen atoms in total. The summed E-state index contributed by atoms with van der Waals surface area (Å²) in [4.78, 5) is 11.4. The van der Waals surface area contributed by atoms with E-state index in [9.17, 15) is 4.79 Å². The Hall–Kier alpha value is -1.71. The molecule has 17 heavy (non-hydrogen) atoms. The third-order valence-electron chi connectivity index (χ3n) is 1.84. The quantitative estimate of drug-likeness (QED) is 0.756. The van der Waals surface area contributed by atoms with Gasteiger partial charge in [0, 0.05) is 0 Å². The summed E-state index contributed by atoms with van der Waals surface area (Å²) in [6, 6.07) is 7.02. The Balaban J connectivity index is 2.42. The van der Waals surface area contributed by atoms with Crippen molar-refractivity contribution in [3.8, 4) is 11.5 Å². The van der Waals surface area contributed by atoms with Crippen LogP contribution in [-0.2, 0) is 9.53 Å². The Morgan fingerprint density at radius 2 is 1.65 bits per heavy atom. The highest BCUT2D eigenvalue weighted by molar-refractivity contribution is 5.71. The van der Waals surface area contributed by atoms with Crippen molar-refractivity contribution in [1.29, 1.82) is 0 Å². The largest absolute Gasteiger partial charge is 0.497 e. The summed E-state index contributed by atoms with van der Waals surface area (Å²) in [5.41, 5.74) is -0.486. The molecule has 0 aliphatic carbocycles. The molecule has 0 bridgehead atoms. The number of esters is 1. The van der Waals surface area contributed by atoms with Gasteiger partial charge in [0.2, 0.25) is 0 Å². The lowest BCUT2D eigenvalue weighted by atomic mass is 10.2. The molecule has 94 valence electrons. The van der Waals surface area contributed by atoms with E-state index in [4.69, 9.17) is 14.2 Å². The molecule has 0 atom stereocenters. The van der Waals surface area contributed by atoms with Gasteiger partial charge in [0.05, 0.1) is 7.11 Å². The SMILES string of the molecule is COc1ccc(OCC(=O)OC(C)(C)C)cc1. The van der Waals surface area contributed by atoms with Crippen LogP contribution < -0.4 is 9.47 Å². The minimum absolute atomic E-state index is 0.0937. The van der Waals surface area contributed by atoms with Gasteiger partial charge in [-0.1, -0.05) is 0 Å². The predicted molar refractivity (Wildman–Crippen MR) is 64.3 cm³/mol. The Kier molecular flexibility index (Phi) is 4.37. The van der Waals surface area contributed by atoms with Crippen molar-refractivity contribution < 1.29 is 19.0 Å². The first kappa shape index (κ1) is 13.4. The zero-order valence-corrected chi connectivity index (χ0v) is 10.6. The van der Waals surface area contributed by atoms with Gasteiger partial charge < -0.3 is 14.2 Å². The molecule has 1 aromatic rings. The summed E-state index contributed by atoms with van der Waals surface area (Å²) in [5.74, 6) is 0.972. The number of methoxy groups -OCH3 is 1. The van der Waals surface area contributed by atoms with Crippen molar-refractivity contribution in [1.82, 2.24) is 0 Å². The number of carbonyl (C=O) groups is 1. The van der Waals surface area contributed by atoms with Crippen LogP contribution in [0, 0.1) is 0 Å². The first-order chi connectivity index (χ1) is 7.90. The van der Waals surface area contributed by atoms with Crippen LogP contribution in [-0.4, -0.2) is 25.3 Å². The summed E-state index contributed by atoms with van der Waals surface area (Å²) >= 11 is 0. The van der Waals surface area contributed by atoms with Gasteiger partial charge in [0.1, 0.15) is 17.1 Å². The molecule has 0 aliphatic heterocycles. The molecule has 0 heterocycles. The van der Waals surface area contributed by atoms with Gasteiger partial charge in [-0.15, -0.1) is 0 Å². The van der Waals surface area contributed by atoms with E-state index >= 15 is 0 Å². The third kappa shape index (κ3) is 5.24. The number of rotatable bonds is 4. The molecule has 1 aromatic carbocycles. The average Bonchev–Trinajstić information content (AvgIpc) is 2.25. The second-order valence-electron chi connectivity index (χ2n) is 4.55. The van der Waals surface area contributed by atoms with Crippen LogP contribution in [0.4, 0.5) is 0 Å². The van der Waals surface area contributed by atoms with Crippen molar-refractivity contribution in [2.75, 3.05) is 13.7 Å². The highest BCUT2D eigenvalue weighted by Crippen LogP contribution is 2.17. The molecule has 1 rings (SSSR count). The minimum Gasteiger partial charge on any atom is -0.497 e. The Morgan fingerprint density at radius 3 is 2.12 bits per heavy atom. The fraction of sp³-hybridized carbons (Fsp3) is 0.462. The lowest BCUT2D eigenvalue weighted by Gasteiger charge is -2.19. The molecule has 0 saturated heterocycles. The zero-order valence-electron chi connectivity index (χ0n) is 10.6. The summed E-state index contributed by atoms with van der Waals surface area (Å²) in [6.45, 7) is 5.36. The predicted octanol–water partition coefficient (Wildman–Crippen LogP) is 2.42. The summed E-state index contributed by atoms with van der Waals surface area (Å²) in [7, 11) is 1.59. The maximum absolute atomic E-state index is 11.4. The van der Waals surface area contributed by atoms with E-state index in [2.05, 4.69) is 0 Å². The van der Waals surface area contributed by atoms with Crippen LogP contribution >= 0.6 is 0 Å². The molecular formula is C13H18O4. The van der Waals surface area contributed by atoms with E-state index in [1.807, 2.05) is 20.8 Å². The van der Waals surface area contributed by atoms with Gasteiger partial charge in [0.15, 0.2) is 6.61 Å². The summed E-state index contributed by atoms with van der Waals surface area (Å²) in [5, 5.41) is 0. The maximum Gasteiger partial charge on any atom is 0.344 e. The van der Waals surface area contributed by atoms with E-state index in [1.165, 1.54) is 0 Å². The van der Waals surface area contributed by atoms with E-state index in [0.29, 0.717) is 5.75 Å². The topological polar surface area (TPSA) is 44.8 Å². The number of ether oxygens (including phenoxy) is 3. The van der Waals surface area contributed by atoms with Gasteiger partial charge in [-0.2, -0.15) is 0 Å². The van der Waals surface area contributed by atoms with Gasteiger partial charge >= 0.3 is 5.97 Å². The van der Waals surface area contributed by atoms with E-state index in [1.54, 1.807) is 31.4 Å². The first-order valence-electron chi connectivity index (χ1n) is 5.39. The van der Waals surface area contributed by atoms with Crippen molar-refractivity contribution in [3.63, 3.8) is 0 Å². The van der Waals surface area contributed by atoms with Crippen LogP contribution in [0.5, 0.6) is 11.5 Å². The fourth-order valence-electron chi connectivity index (χ4n) is 1.19. The molecule has 0 fully saturated rings. The molecule has 0 N–H and O–H groups in total. The van der Waals surface area contributed by atoms with Gasteiger partial charge in [-0.05, 0) is 45.0 Å². The summed E-state index contributed by atoms with van der Waals surface area (Å²) in [6.07, 6.45) is 0. The molecule has 0 amide bonds. The van der Waals surface area contributed by atoms with Crippen molar-refractivity contribution in [2.45, 2.75) is 26.4 Å². The van der Waals surface area contributed by atoms with Gasteiger partial charge in [-0.3, -0.25) is 0 Å². The molecule has 0 aliphatic rings. The lowest BCUT2D eigenvalue weighted by molar-refractivity contribution is -0.157. The molecule has 4 heteroatoms. The van der Waals surface area contributed by atoms with Crippen molar-refractivity contribution in [2.24, 2.45) is 0 Å². The molecule has 0 radical (unpaired) electrons. The van der Waals surface area contributed by atoms with Crippen LogP contribution in [0.2, 0.25) is 0 Å². The highest BCUT2D eigenvalue weighted by atomic mass is 16.6. The normalized spacial score (nSPS) is 10.8. The molecular weight excluding hydrogens is 220 g/mol. The van der Waals surface area contributed by atoms with E-state index in [0.717, 1.165) is 5.75 Å². The maximum atomic E-state index is 11.4. The monoisotopic (exact) mass is 238 g/mol. The standard InChI is InChI=1S/C13H18O4/c1-13(2,3)17-12(14)9-16-11-7-5-10(15-4)6-8-11/h5-8H,9H2,1-4H3. The molecule has 0 unspecified atom stereocenters. The lowest BCUT2D eigenvalue weighted by Crippen LogP contribution is -2.27. The second kappa shape index (κ2) is 5.57. The molecule has 0 aromatic heterocycles. The first-order valence-corrected chi connectivity index (χ1v) is 5.39. The number of hydrogen-bond acceptors (Lipinski definition) is 4. The highest BCUT2D eigenvalue weighted by Gasteiger charge is 2.16. The van der Waals surface area contributed by atoms with Crippen LogP contribution in [0.15, 0.2) is 24.3 Å². The summed E-state index contributed by atoms with van der Waals surface area (Å²) < 4.78 is 15.4. The Labute approximate surface area is 101 Å². The number of carbonyl (C=O) groups excluding carboxylic acids is 1. The van der Waals surface area contributed by atoms with Crippen LogP contribution in [0.3, 0.4) is 0 Å². The molecule has 0 saturated carbocycles. The third-order valence-corrected chi connectivity index (χ3v) is 1.84. The number of hydrogen-bond donors (Lipinski definition) is 0. The average molecular weight is 238 g/mol. The zero-order chi connectivity index (χ0) is 12.9. The Bertz CT molecular complexity index is 362. The van der Waals surface area contributed by atoms with Crippen molar-refractivity contribution >= 4 is 5.97 Å².